The maximum atomic E-state index is 12.0. The van der Waals surface area contributed by atoms with Gasteiger partial charge in [-0.05, 0) is 18.9 Å². The van der Waals surface area contributed by atoms with Crippen molar-refractivity contribution in [3.05, 3.63) is 12.3 Å². The zero-order valence-corrected chi connectivity index (χ0v) is 14.3. The fourth-order valence-corrected chi connectivity index (χ4v) is 5.83. The van der Waals surface area contributed by atoms with Crippen molar-refractivity contribution in [1.29, 1.82) is 0 Å². The van der Waals surface area contributed by atoms with E-state index in [1.165, 1.54) is 0 Å². The lowest BCUT2D eigenvalue weighted by atomic mass is 10.1. The summed E-state index contributed by atoms with van der Waals surface area (Å²) in [5.74, 6) is 1.84. The molecule has 2 N–H and O–H groups in total. The van der Waals surface area contributed by atoms with Crippen LogP contribution in [0.25, 0.3) is 0 Å². The molecule has 0 radical (unpaired) electrons. The van der Waals surface area contributed by atoms with E-state index < -0.39 is 9.84 Å². The molecule has 0 unspecified atom stereocenters. The first-order valence-corrected chi connectivity index (χ1v) is 10.3. The third-order valence-corrected chi connectivity index (χ3v) is 6.87. The van der Waals surface area contributed by atoms with Crippen LogP contribution in [-0.2, 0) is 9.84 Å². The summed E-state index contributed by atoms with van der Waals surface area (Å²) in [6.45, 7) is 2.98. The van der Waals surface area contributed by atoms with Crippen LogP contribution < -0.4 is 15.1 Å². The lowest BCUT2D eigenvalue weighted by molar-refractivity contribution is 0.145. The number of nitrogens with one attached hydrogen (secondary N) is 1. The Morgan fingerprint density at radius 3 is 2.79 bits per heavy atom. The molecule has 0 aromatic carbocycles. The van der Waals surface area contributed by atoms with Gasteiger partial charge in [0.15, 0.2) is 9.84 Å². The molecule has 2 atom stereocenters. The largest absolute Gasteiger partial charge is 0.393 e. The predicted molar refractivity (Wildman–Crippen MR) is 91.1 cm³/mol. The summed E-state index contributed by atoms with van der Waals surface area (Å²) >= 11 is 0. The molecule has 24 heavy (non-hydrogen) atoms. The highest BCUT2D eigenvalue weighted by molar-refractivity contribution is 7.91. The van der Waals surface area contributed by atoms with Crippen LogP contribution in [0.1, 0.15) is 12.8 Å². The van der Waals surface area contributed by atoms with Crippen LogP contribution in [0.15, 0.2) is 12.3 Å². The molecule has 0 bridgehead atoms. The highest BCUT2D eigenvalue weighted by Crippen LogP contribution is 2.27. The van der Waals surface area contributed by atoms with Gasteiger partial charge in [-0.1, -0.05) is 0 Å². The minimum Gasteiger partial charge on any atom is -0.393 e. The summed E-state index contributed by atoms with van der Waals surface area (Å²) in [4.78, 5) is 13.3. The van der Waals surface area contributed by atoms with Crippen LogP contribution in [0, 0.1) is 0 Å². The minimum atomic E-state index is -2.99. The Bertz CT molecular complexity index is 705. The number of nitrogens with zero attached hydrogens (tertiary/aromatic N) is 4. The second-order valence-corrected chi connectivity index (χ2v) is 8.99. The van der Waals surface area contributed by atoms with Crippen molar-refractivity contribution >= 4 is 21.6 Å². The van der Waals surface area contributed by atoms with Gasteiger partial charge < -0.3 is 20.2 Å². The van der Waals surface area contributed by atoms with Gasteiger partial charge in [0.2, 0.25) is 5.95 Å². The van der Waals surface area contributed by atoms with Gasteiger partial charge in [-0.25, -0.2) is 13.4 Å². The number of rotatable bonds is 2. The van der Waals surface area contributed by atoms with E-state index in [9.17, 15) is 13.5 Å². The third-order valence-electron chi connectivity index (χ3n) is 5.15. The van der Waals surface area contributed by atoms with Crippen LogP contribution in [0.4, 0.5) is 11.8 Å². The maximum Gasteiger partial charge on any atom is 0.227 e. The molecule has 1 aromatic rings. The van der Waals surface area contributed by atoms with Gasteiger partial charge >= 0.3 is 0 Å². The molecule has 0 saturated carbocycles. The summed E-state index contributed by atoms with van der Waals surface area (Å²) in [5.41, 5.74) is 0. The van der Waals surface area contributed by atoms with Crippen molar-refractivity contribution in [2.75, 3.05) is 47.5 Å². The van der Waals surface area contributed by atoms with Crippen molar-refractivity contribution in [1.82, 2.24) is 15.3 Å². The first kappa shape index (κ1) is 16.0. The minimum absolute atomic E-state index is 0.0210. The Balaban J connectivity index is 1.57. The fraction of sp³-hybridized carbons (Fsp3) is 0.733. The summed E-state index contributed by atoms with van der Waals surface area (Å²) in [6.07, 6.45) is 2.96. The van der Waals surface area contributed by atoms with Crippen molar-refractivity contribution in [3.63, 3.8) is 0 Å². The number of aliphatic hydroxyl groups excluding tert-OH is 1. The number of piperazine rings is 1. The number of piperidine rings is 1. The SMILES string of the molecule is O=S1(=O)C[C@@H]2NCCN(c3ccnc(N4CCC(O)CC4)n3)[C@@H]2C1. The number of hydrogen-bond donors (Lipinski definition) is 2. The van der Waals surface area contributed by atoms with Crippen LogP contribution in [-0.4, -0.2) is 79.4 Å². The van der Waals surface area contributed by atoms with Crippen molar-refractivity contribution < 1.29 is 13.5 Å². The Kier molecular flexibility index (Phi) is 4.09. The third kappa shape index (κ3) is 3.07. The van der Waals surface area contributed by atoms with E-state index in [0.29, 0.717) is 5.95 Å². The van der Waals surface area contributed by atoms with E-state index in [-0.39, 0.29) is 29.7 Å². The van der Waals surface area contributed by atoms with E-state index in [2.05, 4.69) is 25.1 Å². The number of anilines is 2. The lowest BCUT2D eigenvalue weighted by Crippen LogP contribution is -2.57. The van der Waals surface area contributed by atoms with E-state index in [4.69, 9.17) is 0 Å². The molecule has 3 fully saturated rings. The molecule has 4 heterocycles. The van der Waals surface area contributed by atoms with Gasteiger partial charge in [-0.2, -0.15) is 4.98 Å². The maximum absolute atomic E-state index is 12.0. The number of aromatic nitrogens is 2. The molecule has 132 valence electrons. The number of hydrogen-bond acceptors (Lipinski definition) is 8. The highest BCUT2D eigenvalue weighted by Gasteiger charge is 2.43. The van der Waals surface area contributed by atoms with Gasteiger partial charge in [-0.15, -0.1) is 0 Å². The lowest BCUT2D eigenvalue weighted by Gasteiger charge is -2.38. The van der Waals surface area contributed by atoms with Crippen molar-refractivity contribution in [2.45, 2.75) is 31.0 Å². The molecule has 9 heteroatoms. The normalized spacial score (nSPS) is 30.4. The summed E-state index contributed by atoms with van der Waals surface area (Å²) in [5, 5.41) is 13.0. The Morgan fingerprint density at radius 1 is 1.21 bits per heavy atom. The van der Waals surface area contributed by atoms with E-state index in [0.717, 1.165) is 44.8 Å². The monoisotopic (exact) mass is 353 g/mol. The smallest absolute Gasteiger partial charge is 0.227 e. The second-order valence-electron chi connectivity index (χ2n) is 6.83. The van der Waals surface area contributed by atoms with Gasteiger partial charge in [0.1, 0.15) is 5.82 Å². The fourth-order valence-electron chi connectivity index (χ4n) is 3.87. The molecule has 1 aromatic heterocycles. The van der Waals surface area contributed by atoms with Gasteiger partial charge in [0, 0.05) is 38.4 Å². The van der Waals surface area contributed by atoms with E-state index in [1.807, 2.05) is 6.07 Å². The Morgan fingerprint density at radius 2 is 2.00 bits per heavy atom. The summed E-state index contributed by atoms with van der Waals surface area (Å²) in [6, 6.07) is 1.78. The molecule has 8 nitrogen and oxygen atoms in total. The molecular formula is C15H23N5O3S. The Labute approximate surface area is 141 Å². The van der Waals surface area contributed by atoms with Crippen LogP contribution in [0.3, 0.4) is 0 Å². The summed E-state index contributed by atoms with van der Waals surface area (Å²) in [7, 11) is -2.99. The van der Waals surface area contributed by atoms with Crippen LogP contribution in [0.5, 0.6) is 0 Å². The zero-order valence-electron chi connectivity index (χ0n) is 13.5. The average molecular weight is 353 g/mol. The van der Waals surface area contributed by atoms with Crippen molar-refractivity contribution in [2.24, 2.45) is 0 Å². The van der Waals surface area contributed by atoms with Gasteiger partial charge in [0.05, 0.1) is 23.7 Å². The second kappa shape index (κ2) is 6.12. The predicted octanol–water partition coefficient (Wildman–Crippen LogP) is -0.987. The molecular weight excluding hydrogens is 330 g/mol. The molecule has 0 amide bonds. The number of fused-ring (bicyclic) bond motifs is 1. The van der Waals surface area contributed by atoms with Crippen LogP contribution in [0.2, 0.25) is 0 Å². The number of sulfone groups is 1. The molecule has 3 aliphatic heterocycles. The quantitative estimate of drug-likeness (QED) is 0.700. The van der Waals surface area contributed by atoms with Crippen molar-refractivity contribution in [3.8, 4) is 0 Å². The van der Waals surface area contributed by atoms with Crippen LogP contribution >= 0.6 is 0 Å². The van der Waals surface area contributed by atoms with E-state index in [1.54, 1.807) is 6.20 Å². The molecule has 0 aliphatic carbocycles. The molecule has 3 saturated heterocycles. The average Bonchev–Trinajstić information content (AvgIpc) is 2.89. The first-order valence-electron chi connectivity index (χ1n) is 8.48. The van der Waals surface area contributed by atoms with Gasteiger partial charge in [0.25, 0.3) is 0 Å². The Hall–Kier alpha value is -1.45. The first-order chi connectivity index (χ1) is 11.5. The molecule has 0 spiro atoms. The zero-order chi connectivity index (χ0) is 16.7. The molecule has 4 rings (SSSR count). The molecule has 3 aliphatic rings. The standard InChI is InChI=1S/C15H23N5O3S/c21-11-2-6-19(7-3-11)15-17-4-1-14(18-15)20-8-5-16-12-9-24(22,23)10-13(12)20/h1,4,11-13,16,21H,2-3,5-10H2/t12-,13+/m0/s1. The number of aliphatic hydroxyl groups is 1. The topological polar surface area (TPSA) is 98.7 Å². The summed E-state index contributed by atoms with van der Waals surface area (Å²) < 4.78 is 24.0. The highest BCUT2D eigenvalue weighted by atomic mass is 32.2. The van der Waals surface area contributed by atoms with E-state index >= 15 is 0 Å². The van der Waals surface area contributed by atoms with Gasteiger partial charge in [-0.3, -0.25) is 0 Å².